The van der Waals surface area contributed by atoms with Crippen molar-refractivity contribution >= 4 is 29.1 Å². The van der Waals surface area contributed by atoms with Crippen LogP contribution in [0.3, 0.4) is 0 Å². The van der Waals surface area contributed by atoms with E-state index in [0.717, 1.165) is 25.7 Å². The van der Waals surface area contributed by atoms with Crippen LogP contribution in [0.15, 0.2) is 35.4 Å². The second-order valence-electron chi connectivity index (χ2n) is 6.56. The molecule has 2 amide bonds. The summed E-state index contributed by atoms with van der Waals surface area (Å²) in [6.07, 6.45) is 7.15. The van der Waals surface area contributed by atoms with Crippen molar-refractivity contribution in [3.8, 4) is 0 Å². The smallest absolute Gasteiger partial charge is 0.274 e. The van der Waals surface area contributed by atoms with Gasteiger partial charge in [-0.1, -0.05) is 24.4 Å². The Morgan fingerprint density at radius 1 is 1.19 bits per heavy atom. The molecule has 1 fully saturated rings. The monoisotopic (exact) mass is 388 g/mol. The molecule has 3 rings (SSSR count). The minimum absolute atomic E-state index is 0.0306. The summed E-state index contributed by atoms with van der Waals surface area (Å²) in [5.74, 6) is -0.688. The number of anilines is 1. The molecule has 8 heteroatoms. The molecule has 7 nitrogen and oxygen atoms in total. The van der Waals surface area contributed by atoms with Crippen LogP contribution in [0.25, 0.3) is 0 Å². The maximum atomic E-state index is 12.8. The van der Waals surface area contributed by atoms with Crippen LogP contribution in [0.5, 0.6) is 0 Å². The van der Waals surface area contributed by atoms with E-state index in [0.29, 0.717) is 18.7 Å². The minimum Gasteiger partial charge on any atom is -0.339 e. The molecular weight excluding hydrogens is 368 g/mol. The van der Waals surface area contributed by atoms with Crippen molar-refractivity contribution in [2.45, 2.75) is 25.7 Å². The number of hydrogen-bond acceptors (Lipinski definition) is 4. The van der Waals surface area contributed by atoms with Crippen LogP contribution >= 0.6 is 11.6 Å². The Balaban J connectivity index is 1.88. The first-order chi connectivity index (χ1) is 13.0. The van der Waals surface area contributed by atoms with Crippen molar-refractivity contribution < 1.29 is 9.59 Å². The van der Waals surface area contributed by atoms with Gasteiger partial charge in [-0.3, -0.25) is 14.4 Å². The zero-order valence-electron chi connectivity index (χ0n) is 15.1. The average Bonchev–Trinajstić information content (AvgIpc) is 2.94. The second-order valence-corrected chi connectivity index (χ2v) is 6.92. The highest BCUT2D eigenvalue weighted by atomic mass is 35.5. The van der Waals surface area contributed by atoms with E-state index >= 15 is 0 Å². The summed E-state index contributed by atoms with van der Waals surface area (Å²) in [5, 5.41) is 2.60. The number of amides is 2. The fraction of sp³-hybridized carbons (Fsp3) is 0.368. The van der Waals surface area contributed by atoms with Crippen molar-refractivity contribution in [1.29, 1.82) is 0 Å². The van der Waals surface area contributed by atoms with Gasteiger partial charge in [0.2, 0.25) is 0 Å². The molecule has 1 aliphatic heterocycles. The van der Waals surface area contributed by atoms with Crippen LogP contribution in [0.4, 0.5) is 5.69 Å². The first kappa shape index (κ1) is 19.1. The lowest BCUT2D eigenvalue weighted by molar-refractivity contribution is 0.0760. The minimum atomic E-state index is -0.551. The normalized spacial score (nSPS) is 14.5. The lowest BCUT2D eigenvalue weighted by atomic mass is 10.2. The Morgan fingerprint density at radius 3 is 2.56 bits per heavy atom. The Labute approximate surface area is 162 Å². The van der Waals surface area contributed by atoms with Crippen LogP contribution in [0, 0.1) is 0 Å². The van der Waals surface area contributed by atoms with Gasteiger partial charge in [-0.2, -0.15) is 0 Å². The van der Waals surface area contributed by atoms with E-state index in [4.69, 9.17) is 11.6 Å². The number of pyridine rings is 2. The number of halogens is 1. The Kier molecular flexibility index (Phi) is 5.91. The van der Waals surface area contributed by atoms with E-state index < -0.39 is 11.5 Å². The van der Waals surface area contributed by atoms with E-state index in [9.17, 15) is 14.4 Å². The van der Waals surface area contributed by atoms with Crippen molar-refractivity contribution in [3.63, 3.8) is 0 Å². The van der Waals surface area contributed by atoms with Gasteiger partial charge in [0.15, 0.2) is 0 Å². The zero-order chi connectivity index (χ0) is 19.4. The summed E-state index contributed by atoms with van der Waals surface area (Å²) in [6.45, 7) is 1.41. The number of likely N-dealkylation sites (tertiary alicyclic amines) is 1. The van der Waals surface area contributed by atoms with Gasteiger partial charge in [0.05, 0.1) is 11.1 Å². The van der Waals surface area contributed by atoms with Crippen molar-refractivity contribution in [3.05, 3.63) is 57.2 Å². The molecule has 142 valence electrons. The molecule has 0 bridgehead atoms. The number of hydrogen-bond donors (Lipinski definition) is 1. The molecule has 1 saturated heterocycles. The standard InChI is InChI=1S/C19H21ClN4O3/c1-23-12-13(18(26)24-9-4-2-3-5-10-24)11-15(19(23)27)22-17(25)14-7-6-8-21-16(14)20/h6-8,11-12H,2-5,9-10H2,1H3,(H,22,25). The molecule has 0 spiro atoms. The zero-order valence-corrected chi connectivity index (χ0v) is 15.8. The molecule has 0 atom stereocenters. The number of aromatic nitrogens is 2. The van der Waals surface area contributed by atoms with Gasteiger partial charge in [0, 0.05) is 32.5 Å². The molecule has 2 aromatic rings. The fourth-order valence-corrected chi connectivity index (χ4v) is 3.32. The topological polar surface area (TPSA) is 84.3 Å². The van der Waals surface area contributed by atoms with Gasteiger partial charge in [0.1, 0.15) is 10.8 Å². The first-order valence-electron chi connectivity index (χ1n) is 8.89. The van der Waals surface area contributed by atoms with Gasteiger partial charge < -0.3 is 14.8 Å². The number of carbonyl (C=O) groups excluding carboxylic acids is 2. The van der Waals surface area contributed by atoms with Gasteiger partial charge in [-0.25, -0.2) is 4.98 Å². The maximum Gasteiger partial charge on any atom is 0.274 e. The summed E-state index contributed by atoms with van der Waals surface area (Å²) < 4.78 is 1.30. The Bertz CT molecular complexity index is 917. The lowest BCUT2D eigenvalue weighted by Gasteiger charge is -2.21. The van der Waals surface area contributed by atoms with Crippen LogP contribution < -0.4 is 10.9 Å². The molecule has 3 heterocycles. The SMILES string of the molecule is Cn1cc(C(=O)N2CCCCCC2)cc(NC(=O)c2cccnc2Cl)c1=O. The summed E-state index contributed by atoms with van der Waals surface area (Å²) in [5.41, 5.74) is 0.149. The van der Waals surface area contributed by atoms with Crippen LogP contribution in [0.2, 0.25) is 5.15 Å². The lowest BCUT2D eigenvalue weighted by Crippen LogP contribution is -2.33. The molecule has 0 saturated carbocycles. The van der Waals surface area contributed by atoms with Gasteiger partial charge in [-0.15, -0.1) is 0 Å². The fourth-order valence-electron chi connectivity index (χ4n) is 3.12. The molecule has 1 N–H and O–H groups in total. The maximum absolute atomic E-state index is 12.8. The third-order valence-electron chi connectivity index (χ3n) is 4.58. The Morgan fingerprint density at radius 2 is 1.89 bits per heavy atom. The van der Waals surface area contributed by atoms with E-state index in [-0.39, 0.29) is 22.3 Å². The van der Waals surface area contributed by atoms with Crippen LogP contribution in [-0.4, -0.2) is 39.4 Å². The highest BCUT2D eigenvalue weighted by Gasteiger charge is 2.20. The van der Waals surface area contributed by atoms with Crippen molar-refractivity contribution in [2.75, 3.05) is 18.4 Å². The molecule has 0 unspecified atom stereocenters. The number of nitrogens with zero attached hydrogens (tertiary/aromatic N) is 3. The third-order valence-corrected chi connectivity index (χ3v) is 4.88. The highest BCUT2D eigenvalue weighted by Crippen LogP contribution is 2.16. The van der Waals surface area contributed by atoms with Crippen molar-refractivity contribution in [1.82, 2.24) is 14.5 Å². The van der Waals surface area contributed by atoms with E-state index in [1.54, 1.807) is 18.0 Å². The molecular formula is C19H21ClN4O3. The second kappa shape index (κ2) is 8.35. The highest BCUT2D eigenvalue weighted by molar-refractivity contribution is 6.33. The predicted molar refractivity (Wildman–Crippen MR) is 103 cm³/mol. The number of carbonyl (C=O) groups is 2. The van der Waals surface area contributed by atoms with E-state index in [1.165, 1.54) is 29.1 Å². The summed E-state index contributed by atoms with van der Waals surface area (Å²) >= 11 is 5.94. The summed E-state index contributed by atoms with van der Waals surface area (Å²) in [4.78, 5) is 43.4. The van der Waals surface area contributed by atoms with Crippen LogP contribution in [0.1, 0.15) is 46.4 Å². The quantitative estimate of drug-likeness (QED) is 0.819. The van der Waals surface area contributed by atoms with Gasteiger partial charge in [0.25, 0.3) is 17.4 Å². The van der Waals surface area contributed by atoms with E-state index in [2.05, 4.69) is 10.3 Å². The van der Waals surface area contributed by atoms with E-state index in [1.807, 2.05) is 0 Å². The predicted octanol–water partition coefficient (Wildman–Crippen LogP) is 2.70. The molecule has 2 aromatic heterocycles. The number of rotatable bonds is 3. The largest absolute Gasteiger partial charge is 0.339 e. The van der Waals surface area contributed by atoms with Crippen LogP contribution in [-0.2, 0) is 7.05 Å². The van der Waals surface area contributed by atoms with Gasteiger partial charge in [-0.05, 0) is 31.0 Å². The average molecular weight is 389 g/mol. The molecule has 0 radical (unpaired) electrons. The molecule has 1 aliphatic rings. The van der Waals surface area contributed by atoms with Gasteiger partial charge >= 0.3 is 0 Å². The number of aryl methyl sites for hydroxylation is 1. The summed E-state index contributed by atoms with van der Waals surface area (Å²) in [7, 11) is 1.55. The molecule has 0 aliphatic carbocycles. The summed E-state index contributed by atoms with van der Waals surface area (Å²) in [6, 6.07) is 4.53. The molecule has 27 heavy (non-hydrogen) atoms. The third kappa shape index (κ3) is 4.36. The van der Waals surface area contributed by atoms with Crippen molar-refractivity contribution in [2.24, 2.45) is 7.05 Å². The number of nitrogens with one attached hydrogen (secondary N) is 1. The first-order valence-corrected chi connectivity index (χ1v) is 9.27. The Hall–Kier alpha value is -2.67. The molecule has 0 aromatic carbocycles.